The number of nitrogens with two attached hydrogens (primary N) is 1. The van der Waals surface area contributed by atoms with Gasteiger partial charge in [-0.15, -0.1) is 12.4 Å². The molecule has 0 amide bonds. The Bertz CT molecular complexity index is 344. The average Bonchev–Trinajstić information content (AvgIpc) is 2.45. The molecule has 0 aliphatic heterocycles. The zero-order valence-corrected chi connectivity index (χ0v) is 9.20. The number of anilines is 1. The molecule has 0 aliphatic carbocycles. The summed E-state index contributed by atoms with van der Waals surface area (Å²) in [4.78, 5) is 0. The fourth-order valence-corrected chi connectivity index (χ4v) is 1.10. The van der Waals surface area contributed by atoms with Crippen LogP contribution in [0.1, 0.15) is 32.0 Å². The van der Waals surface area contributed by atoms with Gasteiger partial charge in [0, 0.05) is 5.41 Å². The number of H-pyrrole nitrogens is 1. The van der Waals surface area contributed by atoms with Crippen molar-refractivity contribution in [3.63, 3.8) is 0 Å². The second kappa shape index (κ2) is 4.31. The van der Waals surface area contributed by atoms with Gasteiger partial charge < -0.3 is 5.43 Å². The highest BCUT2D eigenvalue weighted by molar-refractivity contribution is 5.85. The Hall–Kier alpha value is -1.25. The molecule has 1 rings (SSSR count). The number of hydrogen-bond donors (Lipinski definition) is 3. The van der Waals surface area contributed by atoms with Crippen LogP contribution in [0.25, 0.3) is 0 Å². The first-order valence-corrected chi connectivity index (χ1v) is 3.96. The van der Waals surface area contributed by atoms with E-state index >= 15 is 0 Å². The van der Waals surface area contributed by atoms with E-state index in [0.717, 1.165) is 5.69 Å². The number of aromatic amines is 1. The van der Waals surface area contributed by atoms with Gasteiger partial charge in [0.2, 0.25) is 0 Å². The lowest BCUT2D eigenvalue weighted by Gasteiger charge is -2.15. The van der Waals surface area contributed by atoms with Crippen molar-refractivity contribution in [1.29, 1.82) is 5.26 Å². The minimum absolute atomic E-state index is 0. The molecule has 78 valence electrons. The lowest BCUT2D eigenvalue weighted by atomic mass is 9.90. The number of rotatable bonds is 1. The summed E-state index contributed by atoms with van der Waals surface area (Å²) >= 11 is 0. The van der Waals surface area contributed by atoms with Gasteiger partial charge in [-0.25, -0.2) is 5.84 Å². The predicted molar refractivity (Wildman–Crippen MR) is 57.1 cm³/mol. The first kappa shape index (κ1) is 12.8. The van der Waals surface area contributed by atoms with Gasteiger partial charge >= 0.3 is 0 Å². The van der Waals surface area contributed by atoms with Crippen molar-refractivity contribution in [1.82, 2.24) is 10.2 Å². The van der Waals surface area contributed by atoms with Crippen molar-refractivity contribution in [2.45, 2.75) is 26.2 Å². The summed E-state index contributed by atoms with van der Waals surface area (Å²) in [6.07, 6.45) is 0. The molecule has 0 atom stereocenters. The average molecular weight is 216 g/mol. The van der Waals surface area contributed by atoms with Gasteiger partial charge in [-0.2, -0.15) is 10.4 Å². The van der Waals surface area contributed by atoms with Gasteiger partial charge in [0.1, 0.15) is 11.6 Å². The van der Waals surface area contributed by atoms with Crippen molar-refractivity contribution < 1.29 is 0 Å². The van der Waals surface area contributed by atoms with Crippen LogP contribution in [0, 0.1) is 11.3 Å². The summed E-state index contributed by atoms with van der Waals surface area (Å²) in [5.41, 5.74) is 3.52. The summed E-state index contributed by atoms with van der Waals surface area (Å²) in [6.45, 7) is 6.00. The van der Waals surface area contributed by atoms with Crippen LogP contribution in [-0.2, 0) is 5.41 Å². The lowest BCUT2D eigenvalue weighted by molar-refractivity contribution is 0.565. The third kappa shape index (κ3) is 2.16. The molecule has 14 heavy (non-hydrogen) atoms. The molecule has 4 N–H and O–H groups in total. The molecule has 5 nitrogen and oxygen atoms in total. The van der Waals surface area contributed by atoms with Gasteiger partial charge in [-0.05, 0) is 0 Å². The number of nitrogens with zero attached hydrogens (tertiary/aromatic N) is 2. The number of nitriles is 1. The molecule has 1 aromatic heterocycles. The Morgan fingerprint density at radius 1 is 1.50 bits per heavy atom. The molecule has 0 aliphatic rings. The molecular weight excluding hydrogens is 202 g/mol. The SMILES string of the molecule is CC(C)(C)c1[nH]nc(NN)c1C#N.Cl. The summed E-state index contributed by atoms with van der Waals surface area (Å²) in [5.74, 6) is 5.59. The van der Waals surface area contributed by atoms with E-state index in [2.05, 4.69) is 21.7 Å². The number of aromatic nitrogens is 2. The molecule has 1 aromatic rings. The van der Waals surface area contributed by atoms with Gasteiger partial charge in [0.05, 0.1) is 5.69 Å². The third-order valence-corrected chi connectivity index (χ3v) is 1.76. The zero-order chi connectivity index (χ0) is 10.1. The minimum atomic E-state index is -0.132. The van der Waals surface area contributed by atoms with Crippen molar-refractivity contribution >= 4 is 18.2 Å². The van der Waals surface area contributed by atoms with Crippen LogP contribution in [0.5, 0.6) is 0 Å². The zero-order valence-electron chi connectivity index (χ0n) is 8.38. The van der Waals surface area contributed by atoms with Crippen LogP contribution >= 0.6 is 12.4 Å². The molecule has 0 spiro atoms. The monoisotopic (exact) mass is 215 g/mol. The Balaban J connectivity index is 0.00000169. The largest absolute Gasteiger partial charge is 0.306 e. The van der Waals surface area contributed by atoms with Crippen molar-refractivity contribution in [2.24, 2.45) is 5.84 Å². The Morgan fingerprint density at radius 2 is 2.07 bits per heavy atom. The summed E-state index contributed by atoms with van der Waals surface area (Å²) < 4.78 is 0. The number of hydrazine groups is 1. The van der Waals surface area contributed by atoms with Crippen LogP contribution in [0.3, 0.4) is 0 Å². The maximum atomic E-state index is 8.88. The Kier molecular flexibility index (Phi) is 3.93. The number of halogens is 1. The van der Waals surface area contributed by atoms with E-state index in [1.807, 2.05) is 20.8 Å². The summed E-state index contributed by atoms with van der Waals surface area (Å²) in [7, 11) is 0. The van der Waals surface area contributed by atoms with Crippen LogP contribution in [0.15, 0.2) is 0 Å². The second-order valence-corrected chi connectivity index (χ2v) is 3.83. The van der Waals surface area contributed by atoms with Gasteiger partial charge in [-0.3, -0.25) is 5.10 Å². The third-order valence-electron chi connectivity index (χ3n) is 1.76. The van der Waals surface area contributed by atoms with E-state index in [1.165, 1.54) is 0 Å². The molecule has 0 bridgehead atoms. The fourth-order valence-electron chi connectivity index (χ4n) is 1.10. The quantitative estimate of drug-likeness (QED) is 0.486. The predicted octanol–water partition coefficient (Wildman–Crippen LogP) is 1.29. The van der Waals surface area contributed by atoms with E-state index in [1.54, 1.807) is 0 Å². The first-order valence-electron chi connectivity index (χ1n) is 3.96. The molecule has 0 saturated carbocycles. The molecule has 0 aromatic carbocycles. The highest BCUT2D eigenvalue weighted by atomic mass is 35.5. The highest BCUT2D eigenvalue weighted by Gasteiger charge is 2.23. The maximum absolute atomic E-state index is 8.88. The smallest absolute Gasteiger partial charge is 0.180 e. The molecule has 1 heterocycles. The molecule has 0 saturated heterocycles. The van der Waals surface area contributed by atoms with E-state index < -0.39 is 0 Å². The molecule has 0 radical (unpaired) electrons. The van der Waals surface area contributed by atoms with Crippen molar-refractivity contribution in [3.8, 4) is 6.07 Å². The first-order chi connectivity index (χ1) is 6.00. The van der Waals surface area contributed by atoms with Gasteiger partial charge in [-0.1, -0.05) is 20.8 Å². The van der Waals surface area contributed by atoms with Gasteiger partial charge in [0.25, 0.3) is 0 Å². The van der Waals surface area contributed by atoms with E-state index in [-0.39, 0.29) is 17.8 Å². The Labute approximate surface area is 89.1 Å². The fraction of sp³-hybridized carbons (Fsp3) is 0.500. The standard InChI is InChI=1S/C8H13N5.ClH/c1-8(2,3)6-5(4-9)7(11-10)13-12-6;/h10H2,1-3H3,(H2,11,12,13);1H. The number of hydrogen-bond acceptors (Lipinski definition) is 4. The molecule has 0 fully saturated rings. The Morgan fingerprint density at radius 3 is 2.43 bits per heavy atom. The molecular formula is C8H14ClN5. The number of nitrogen functional groups attached to an aromatic ring is 1. The van der Waals surface area contributed by atoms with Crippen LogP contribution in [-0.4, -0.2) is 10.2 Å². The highest BCUT2D eigenvalue weighted by Crippen LogP contribution is 2.26. The van der Waals surface area contributed by atoms with Crippen molar-refractivity contribution in [3.05, 3.63) is 11.3 Å². The van der Waals surface area contributed by atoms with Crippen LogP contribution < -0.4 is 11.3 Å². The van der Waals surface area contributed by atoms with E-state index in [9.17, 15) is 0 Å². The second-order valence-electron chi connectivity index (χ2n) is 3.83. The van der Waals surface area contributed by atoms with E-state index in [0.29, 0.717) is 11.4 Å². The molecule has 6 heteroatoms. The maximum Gasteiger partial charge on any atom is 0.180 e. The summed E-state index contributed by atoms with van der Waals surface area (Å²) in [5, 5.41) is 15.6. The summed E-state index contributed by atoms with van der Waals surface area (Å²) in [6, 6.07) is 2.07. The lowest BCUT2D eigenvalue weighted by Crippen LogP contribution is -2.14. The van der Waals surface area contributed by atoms with Crippen LogP contribution in [0.2, 0.25) is 0 Å². The minimum Gasteiger partial charge on any atom is -0.306 e. The normalized spacial score (nSPS) is 10.2. The number of nitrogens with one attached hydrogen (secondary N) is 2. The molecule has 0 unspecified atom stereocenters. The van der Waals surface area contributed by atoms with Crippen LogP contribution in [0.4, 0.5) is 5.82 Å². The topological polar surface area (TPSA) is 90.5 Å². The van der Waals surface area contributed by atoms with Crippen molar-refractivity contribution in [2.75, 3.05) is 5.43 Å². The van der Waals surface area contributed by atoms with Gasteiger partial charge in [0.15, 0.2) is 5.82 Å². The van der Waals surface area contributed by atoms with E-state index in [4.69, 9.17) is 11.1 Å².